The van der Waals surface area contributed by atoms with Crippen molar-refractivity contribution in [2.45, 2.75) is 50.6 Å². The second-order valence-corrected chi connectivity index (χ2v) is 10.2. The molecule has 4 N–H and O–H groups in total. The molecule has 0 spiro atoms. The lowest BCUT2D eigenvalue weighted by Crippen LogP contribution is -2.62. The highest BCUT2D eigenvalue weighted by Crippen LogP contribution is 2.25. The lowest BCUT2D eigenvalue weighted by molar-refractivity contribution is -0.173. The van der Waals surface area contributed by atoms with Gasteiger partial charge in [0, 0.05) is 19.2 Å². The van der Waals surface area contributed by atoms with Crippen molar-refractivity contribution in [2.75, 3.05) is 20.3 Å². The second-order valence-electron chi connectivity index (χ2n) is 10.2. The van der Waals surface area contributed by atoms with E-state index in [1.54, 1.807) is 0 Å². The minimum atomic E-state index is -1.42. The van der Waals surface area contributed by atoms with Gasteiger partial charge in [0.25, 0.3) is 5.91 Å². The zero-order chi connectivity index (χ0) is 29.0. The van der Waals surface area contributed by atoms with Crippen LogP contribution in [0.3, 0.4) is 0 Å². The number of carbonyl (C=O) groups is 4. The van der Waals surface area contributed by atoms with E-state index in [1.807, 2.05) is 30.3 Å². The molecule has 2 saturated heterocycles. The van der Waals surface area contributed by atoms with Gasteiger partial charge < -0.3 is 35.2 Å². The van der Waals surface area contributed by atoms with Crippen molar-refractivity contribution in [3.8, 4) is 5.75 Å². The molecule has 2 aliphatic heterocycles. The lowest BCUT2D eigenvalue weighted by Gasteiger charge is -2.41. The van der Waals surface area contributed by atoms with E-state index in [1.165, 1.54) is 44.1 Å². The van der Waals surface area contributed by atoms with Gasteiger partial charge in [-0.2, -0.15) is 0 Å². The average molecular weight is 555 g/mol. The van der Waals surface area contributed by atoms with Crippen LogP contribution in [0.15, 0.2) is 48.7 Å². The van der Waals surface area contributed by atoms with Crippen LogP contribution in [0.1, 0.15) is 29.9 Å². The van der Waals surface area contributed by atoms with E-state index in [2.05, 4.69) is 15.6 Å². The molecule has 12 heteroatoms. The number of ether oxygens (including phenoxy) is 2. The van der Waals surface area contributed by atoms with Gasteiger partial charge >= 0.3 is 5.97 Å². The van der Waals surface area contributed by atoms with Crippen molar-refractivity contribution >= 4 is 23.7 Å². The van der Waals surface area contributed by atoms with E-state index in [0.29, 0.717) is 0 Å². The maximum Gasteiger partial charge on any atom is 0.329 e. The van der Waals surface area contributed by atoms with E-state index in [4.69, 9.17) is 9.47 Å². The van der Waals surface area contributed by atoms with Crippen LogP contribution in [0.4, 0.5) is 0 Å². The fourth-order valence-electron chi connectivity index (χ4n) is 4.95. The number of amides is 3. The van der Waals surface area contributed by atoms with E-state index in [0.717, 1.165) is 5.56 Å². The number of cyclic esters (lactones) is 1. The Morgan fingerprint density at radius 3 is 2.45 bits per heavy atom. The van der Waals surface area contributed by atoms with Crippen molar-refractivity contribution < 1.29 is 38.9 Å². The number of hydrogen-bond donors (Lipinski definition) is 4. The normalized spacial score (nSPS) is 28.4. The third kappa shape index (κ3) is 6.23. The number of nitrogens with one attached hydrogen (secondary N) is 2. The van der Waals surface area contributed by atoms with Crippen molar-refractivity contribution in [3.63, 3.8) is 0 Å². The van der Waals surface area contributed by atoms with Crippen LogP contribution in [-0.4, -0.2) is 94.4 Å². The first kappa shape index (κ1) is 29.0. The Bertz CT molecular complexity index is 1240. The van der Waals surface area contributed by atoms with Crippen LogP contribution < -0.4 is 10.6 Å². The molecule has 0 radical (unpaired) electrons. The van der Waals surface area contributed by atoms with Crippen LogP contribution in [0.25, 0.3) is 0 Å². The first-order chi connectivity index (χ1) is 19.1. The van der Waals surface area contributed by atoms with Gasteiger partial charge in [-0.05, 0) is 31.0 Å². The molecule has 40 heavy (non-hydrogen) atoms. The topological polar surface area (TPSA) is 167 Å². The first-order valence-electron chi connectivity index (χ1n) is 13.1. The number of aliphatic hydroxyl groups excluding tert-OH is 1. The molecule has 0 bridgehead atoms. The van der Waals surface area contributed by atoms with Gasteiger partial charge in [0.15, 0.2) is 5.69 Å². The van der Waals surface area contributed by atoms with E-state index >= 15 is 0 Å². The number of aromatic nitrogens is 1. The number of carbonyl (C=O) groups excluding carboxylic acids is 4. The number of pyridine rings is 1. The van der Waals surface area contributed by atoms with Gasteiger partial charge in [-0.25, -0.2) is 9.78 Å². The summed E-state index contributed by atoms with van der Waals surface area (Å²) in [4.78, 5) is 58.6. The van der Waals surface area contributed by atoms with Crippen LogP contribution in [-0.2, 0) is 30.3 Å². The van der Waals surface area contributed by atoms with E-state index < -0.39 is 65.7 Å². The highest BCUT2D eigenvalue weighted by molar-refractivity contribution is 5.98. The molecular weight excluding hydrogens is 520 g/mol. The predicted molar refractivity (Wildman–Crippen MR) is 141 cm³/mol. The molecule has 3 heterocycles. The Labute approximate surface area is 231 Å². The summed E-state index contributed by atoms with van der Waals surface area (Å²) in [7, 11) is 1.47. The second kappa shape index (κ2) is 12.4. The molecule has 4 rings (SSSR count). The summed E-state index contributed by atoms with van der Waals surface area (Å²) < 4.78 is 10.9. The molecule has 6 atom stereocenters. The fourth-order valence-corrected chi connectivity index (χ4v) is 4.95. The quantitative estimate of drug-likeness (QED) is 0.373. The molecule has 1 unspecified atom stereocenters. The number of esters is 1. The highest BCUT2D eigenvalue weighted by atomic mass is 16.5. The molecular formula is C28H34N4O8. The number of hydrogen-bond acceptors (Lipinski definition) is 9. The molecule has 214 valence electrons. The largest absolute Gasteiger partial charge is 0.505 e. The standard InChI is InChI=1S/C28H34N4O8/c1-15-24(34)19(12-17-8-5-4-6-9-17)30-25(35)21(31-26(36)22-20(33)10-7-11-29-22)16(2)40-28(38)23(18-13-39-14-18)32(3)27(15)37/h4-11,15-16,18-19,21,23-24,33-34H,12-14H2,1-3H3,(H,30,35)(H,31,36)/t15-,16-,19+,21+,23?,24+/m1/s1. The number of aliphatic hydroxyl groups is 1. The van der Waals surface area contributed by atoms with E-state index in [9.17, 15) is 29.4 Å². The van der Waals surface area contributed by atoms with E-state index in [-0.39, 0.29) is 31.2 Å². The van der Waals surface area contributed by atoms with Crippen LogP contribution >= 0.6 is 0 Å². The summed E-state index contributed by atoms with van der Waals surface area (Å²) in [6.07, 6.45) is -1.03. The third-order valence-electron chi connectivity index (χ3n) is 7.40. The van der Waals surface area contributed by atoms with Gasteiger partial charge in [-0.3, -0.25) is 14.4 Å². The van der Waals surface area contributed by atoms with Crippen molar-refractivity contribution in [1.29, 1.82) is 0 Å². The van der Waals surface area contributed by atoms with Gasteiger partial charge in [0.1, 0.15) is 23.9 Å². The number of likely N-dealkylation sites (N-methyl/N-ethyl adjacent to an activating group) is 1. The van der Waals surface area contributed by atoms with Gasteiger partial charge in [0.2, 0.25) is 11.8 Å². The summed E-state index contributed by atoms with van der Waals surface area (Å²) in [5.41, 5.74) is 0.485. The average Bonchev–Trinajstić information content (AvgIpc) is 2.91. The molecule has 0 aliphatic carbocycles. The van der Waals surface area contributed by atoms with Crippen molar-refractivity contribution in [1.82, 2.24) is 20.5 Å². The Hall–Kier alpha value is -4.03. The molecule has 0 saturated carbocycles. The van der Waals surface area contributed by atoms with Gasteiger partial charge in [0.05, 0.1) is 31.3 Å². The predicted octanol–water partition coefficient (Wildman–Crippen LogP) is 0.0288. The zero-order valence-electron chi connectivity index (χ0n) is 22.5. The SMILES string of the molecule is C[C@H]1OC(=O)C(C2COC2)N(C)C(=O)[C@H](C)[C@H](O)[C@H](Cc2ccccc2)NC(=O)[C@H]1NC(=O)c1ncccc1O. The van der Waals surface area contributed by atoms with Crippen LogP contribution in [0, 0.1) is 11.8 Å². The maximum atomic E-state index is 13.7. The van der Waals surface area contributed by atoms with Gasteiger partial charge in [-0.15, -0.1) is 0 Å². The number of aromatic hydroxyl groups is 1. The summed E-state index contributed by atoms with van der Waals surface area (Å²) in [6.45, 7) is 3.44. The summed E-state index contributed by atoms with van der Waals surface area (Å²) >= 11 is 0. The Balaban J connectivity index is 1.70. The molecule has 12 nitrogen and oxygen atoms in total. The molecule has 3 amide bonds. The Kier molecular flexibility index (Phi) is 9.00. The molecule has 2 aliphatic rings. The smallest absolute Gasteiger partial charge is 0.329 e. The third-order valence-corrected chi connectivity index (χ3v) is 7.40. The molecule has 1 aromatic carbocycles. The first-order valence-corrected chi connectivity index (χ1v) is 13.1. The lowest BCUT2D eigenvalue weighted by atomic mass is 9.89. The summed E-state index contributed by atoms with van der Waals surface area (Å²) in [5.74, 6) is -4.60. The van der Waals surface area contributed by atoms with Crippen molar-refractivity contribution in [3.05, 3.63) is 59.9 Å². The monoisotopic (exact) mass is 554 g/mol. The fraction of sp³-hybridized carbons (Fsp3) is 0.464. The van der Waals surface area contributed by atoms with Crippen LogP contribution in [0.5, 0.6) is 5.75 Å². The molecule has 2 aromatic rings. The zero-order valence-corrected chi connectivity index (χ0v) is 22.5. The number of rotatable bonds is 5. The Morgan fingerprint density at radius 1 is 1.12 bits per heavy atom. The summed E-state index contributed by atoms with van der Waals surface area (Å²) in [6, 6.07) is 8.46. The van der Waals surface area contributed by atoms with Crippen LogP contribution in [0.2, 0.25) is 0 Å². The number of nitrogens with zero attached hydrogens (tertiary/aromatic N) is 2. The molecule has 1 aromatic heterocycles. The minimum absolute atomic E-state index is 0.185. The number of benzene rings is 1. The summed E-state index contributed by atoms with van der Waals surface area (Å²) in [5, 5.41) is 26.7. The maximum absolute atomic E-state index is 13.7. The molecule has 2 fully saturated rings. The van der Waals surface area contributed by atoms with Crippen molar-refractivity contribution in [2.24, 2.45) is 11.8 Å². The van der Waals surface area contributed by atoms with Gasteiger partial charge in [-0.1, -0.05) is 37.3 Å². The highest BCUT2D eigenvalue weighted by Gasteiger charge is 2.45. The Morgan fingerprint density at radius 2 is 1.82 bits per heavy atom. The minimum Gasteiger partial charge on any atom is -0.505 e.